The van der Waals surface area contributed by atoms with Crippen molar-refractivity contribution in [1.82, 2.24) is 4.98 Å². The van der Waals surface area contributed by atoms with Crippen molar-refractivity contribution in [3.63, 3.8) is 0 Å². The van der Waals surface area contributed by atoms with Crippen LogP contribution < -0.4 is 0 Å². The summed E-state index contributed by atoms with van der Waals surface area (Å²) in [6.45, 7) is 0. The molecule has 3 aromatic rings. The largest absolute Gasteiger partial charge is 0.261 e. The number of aliphatic imine (C=N–C) groups is 1. The molecule has 0 fully saturated rings. The van der Waals surface area contributed by atoms with Gasteiger partial charge >= 0.3 is 0 Å². The number of aromatic nitrogens is 1. The Morgan fingerprint density at radius 3 is 2.08 bits per heavy atom. The van der Waals surface area contributed by atoms with Gasteiger partial charge in [-0.1, -0.05) is 66.7 Å². The number of hydrogen-bond donors (Lipinski definition) is 0. The van der Waals surface area contributed by atoms with Crippen LogP contribution in [0.15, 0.2) is 84.0 Å². The maximum Gasteiger partial charge on any atom is 0.157 e. The number of hydrogen-bond acceptors (Lipinski definition) is 3. The smallest absolute Gasteiger partial charge is 0.157 e. The van der Waals surface area contributed by atoms with E-state index in [9.17, 15) is 5.26 Å². The molecule has 0 bridgehead atoms. The molecule has 1 aromatic heterocycles. The molecule has 1 atom stereocenters. The Morgan fingerprint density at radius 1 is 0.880 bits per heavy atom. The molecule has 0 amide bonds. The van der Waals surface area contributed by atoms with E-state index in [1.807, 2.05) is 72.8 Å². The van der Waals surface area contributed by atoms with Gasteiger partial charge in [0.05, 0.1) is 11.8 Å². The van der Waals surface area contributed by atoms with Gasteiger partial charge in [0.25, 0.3) is 0 Å². The van der Waals surface area contributed by atoms with Crippen LogP contribution in [0.25, 0.3) is 0 Å². The van der Waals surface area contributed by atoms with Gasteiger partial charge in [0.15, 0.2) is 5.54 Å². The third kappa shape index (κ3) is 2.95. The quantitative estimate of drug-likeness (QED) is 0.685. The molecule has 0 saturated carbocycles. The molecule has 3 heteroatoms. The average Bonchev–Trinajstić information content (AvgIpc) is 3.06. The second-order valence-electron chi connectivity index (χ2n) is 6.30. The highest BCUT2D eigenvalue weighted by atomic mass is 14.9. The minimum absolute atomic E-state index is 0.558. The minimum Gasteiger partial charge on any atom is -0.261 e. The number of fused-ring (bicyclic) bond motifs is 1. The fraction of sp³-hybridized carbons (Fsp3) is 0.136. The monoisotopic (exact) mass is 323 g/mol. The van der Waals surface area contributed by atoms with Crippen molar-refractivity contribution in [2.45, 2.75) is 18.4 Å². The van der Waals surface area contributed by atoms with Crippen molar-refractivity contribution < 1.29 is 0 Å². The first-order valence-corrected chi connectivity index (χ1v) is 8.34. The van der Waals surface area contributed by atoms with E-state index in [0.717, 1.165) is 28.1 Å². The minimum atomic E-state index is -0.794. The van der Waals surface area contributed by atoms with Crippen LogP contribution in [-0.4, -0.2) is 16.2 Å². The summed E-state index contributed by atoms with van der Waals surface area (Å²) in [5, 5.41) is 9.95. The maximum atomic E-state index is 9.95. The van der Waals surface area contributed by atoms with E-state index in [1.165, 1.54) is 0 Å². The van der Waals surface area contributed by atoms with E-state index in [0.29, 0.717) is 12.8 Å². The summed E-state index contributed by atoms with van der Waals surface area (Å²) in [6.07, 6.45) is 2.95. The molecule has 0 aliphatic heterocycles. The van der Waals surface area contributed by atoms with Crippen LogP contribution in [0.2, 0.25) is 0 Å². The van der Waals surface area contributed by atoms with Crippen molar-refractivity contribution in [2.24, 2.45) is 4.99 Å². The standard InChI is InChI=1S/C22H17N3/c23-16-22(14-19-12-7-13-24-20(19)15-22)25-21(17-8-3-1-4-9-17)18-10-5-2-6-11-18/h1-13H,14-15H2. The second-order valence-corrected chi connectivity index (χ2v) is 6.30. The van der Waals surface area contributed by atoms with Gasteiger partial charge in [-0.3, -0.25) is 9.98 Å². The van der Waals surface area contributed by atoms with Crippen LogP contribution in [0.3, 0.4) is 0 Å². The second kappa shape index (κ2) is 6.33. The van der Waals surface area contributed by atoms with Gasteiger partial charge in [0.1, 0.15) is 0 Å². The van der Waals surface area contributed by atoms with E-state index >= 15 is 0 Å². The molecule has 2 aromatic carbocycles. The zero-order valence-electron chi connectivity index (χ0n) is 13.8. The predicted molar refractivity (Wildman–Crippen MR) is 98.5 cm³/mol. The van der Waals surface area contributed by atoms with Gasteiger partial charge in [-0.05, 0) is 11.6 Å². The molecule has 4 rings (SSSR count). The molecule has 0 radical (unpaired) electrons. The zero-order chi connectivity index (χ0) is 17.1. The molecule has 1 aliphatic carbocycles. The highest BCUT2D eigenvalue weighted by Gasteiger charge is 2.38. The molecule has 1 unspecified atom stereocenters. The van der Waals surface area contributed by atoms with Crippen LogP contribution in [0.1, 0.15) is 22.4 Å². The molecular formula is C22H17N3. The maximum absolute atomic E-state index is 9.95. The number of pyridine rings is 1. The molecule has 0 saturated heterocycles. The van der Waals surface area contributed by atoms with E-state index < -0.39 is 5.54 Å². The predicted octanol–water partition coefficient (Wildman–Crippen LogP) is 3.98. The molecular weight excluding hydrogens is 306 g/mol. The lowest BCUT2D eigenvalue weighted by molar-refractivity contribution is 0.578. The highest BCUT2D eigenvalue weighted by molar-refractivity contribution is 6.13. The zero-order valence-corrected chi connectivity index (χ0v) is 13.8. The van der Waals surface area contributed by atoms with Crippen LogP contribution >= 0.6 is 0 Å². The van der Waals surface area contributed by atoms with Gasteiger partial charge in [0, 0.05) is 35.9 Å². The first-order valence-electron chi connectivity index (χ1n) is 8.34. The average molecular weight is 323 g/mol. The summed E-state index contributed by atoms with van der Waals surface area (Å²) in [5.74, 6) is 0. The summed E-state index contributed by atoms with van der Waals surface area (Å²) in [5.41, 5.74) is 4.20. The molecule has 0 spiro atoms. The lowest BCUT2D eigenvalue weighted by atomic mass is 9.96. The first kappa shape index (κ1) is 15.3. The molecule has 0 N–H and O–H groups in total. The normalized spacial score (nSPS) is 18.2. The third-order valence-corrected chi connectivity index (χ3v) is 4.56. The van der Waals surface area contributed by atoms with E-state index in [-0.39, 0.29) is 0 Å². The Hall–Kier alpha value is -3.25. The number of nitrogens with zero attached hydrogens (tertiary/aromatic N) is 3. The number of rotatable bonds is 3. The van der Waals surface area contributed by atoms with Gasteiger partial charge in [-0.2, -0.15) is 5.26 Å². The first-order chi connectivity index (χ1) is 12.3. The summed E-state index contributed by atoms with van der Waals surface area (Å²) in [7, 11) is 0. The van der Waals surface area contributed by atoms with Gasteiger partial charge in [-0.15, -0.1) is 0 Å². The van der Waals surface area contributed by atoms with Crippen LogP contribution in [-0.2, 0) is 12.8 Å². The van der Waals surface area contributed by atoms with Crippen LogP contribution in [0.5, 0.6) is 0 Å². The summed E-state index contributed by atoms with van der Waals surface area (Å²) in [4.78, 5) is 9.43. The van der Waals surface area contributed by atoms with Crippen LogP contribution in [0.4, 0.5) is 0 Å². The fourth-order valence-electron chi connectivity index (χ4n) is 3.33. The van der Waals surface area contributed by atoms with Crippen molar-refractivity contribution in [3.05, 3.63) is 101 Å². The lowest BCUT2D eigenvalue weighted by Crippen LogP contribution is -2.27. The SMILES string of the molecule is N#CC1(N=C(c2ccccc2)c2ccccc2)Cc2cccnc2C1. The van der Waals surface area contributed by atoms with Crippen molar-refractivity contribution in [3.8, 4) is 6.07 Å². The molecule has 1 heterocycles. The Kier molecular flexibility index (Phi) is 3.87. The Morgan fingerprint density at radius 2 is 1.52 bits per heavy atom. The van der Waals surface area contributed by atoms with Crippen molar-refractivity contribution >= 4 is 5.71 Å². The topological polar surface area (TPSA) is 49.0 Å². The summed E-state index contributed by atoms with van der Waals surface area (Å²) < 4.78 is 0. The van der Waals surface area contributed by atoms with E-state index in [4.69, 9.17) is 4.99 Å². The fourth-order valence-corrected chi connectivity index (χ4v) is 3.33. The molecule has 120 valence electrons. The highest BCUT2D eigenvalue weighted by Crippen LogP contribution is 2.32. The lowest BCUT2D eigenvalue weighted by Gasteiger charge is -2.18. The van der Waals surface area contributed by atoms with Gasteiger partial charge in [-0.25, -0.2) is 0 Å². The molecule has 1 aliphatic rings. The molecule has 25 heavy (non-hydrogen) atoms. The summed E-state index contributed by atoms with van der Waals surface area (Å²) >= 11 is 0. The molecule has 3 nitrogen and oxygen atoms in total. The van der Waals surface area contributed by atoms with E-state index in [2.05, 4.69) is 11.1 Å². The number of benzene rings is 2. The van der Waals surface area contributed by atoms with Gasteiger partial charge < -0.3 is 0 Å². The Balaban J connectivity index is 1.84. The number of nitriles is 1. The van der Waals surface area contributed by atoms with Gasteiger partial charge in [0.2, 0.25) is 0 Å². The third-order valence-electron chi connectivity index (χ3n) is 4.56. The Labute approximate surface area is 147 Å². The summed E-state index contributed by atoms with van der Waals surface area (Å²) in [6, 6.07) is 26.6. The van der Waals surface area contributed by atoms with Crippen molar-refractivity contribution in [2.75, 3.05) is 0 Å². The Bertz CT molecular complexity index is 887. The van der Waals surface area contributed by atoms with E-state index in [1.54, 1.807) is 6.20 Å². The van der Waals surface area contributed by atoms with Crippen molar-refractivity contribution in [1.29, 1.82) is 5.26 Å². The van der Waals surface area contributed by atoms with Crippen LogP contribution in [0, 0.1) is 11.3 Å².